The molecule has 1 amide bonds. The third kappa shape index (κ3) is 3.95. The van der Waals surface area contributed by atoms with Crippen LogP contribution in [0.1, 0.15) is 31.7 Å². The first-order valence-electron chi connectivity index (χ1n) is 7.13. The van der Waals surface area contributed by atoms with E-state index in [4.69, 9.17) is 9.68 Å². The zero-order valence-corrected chi connectivity index (χ0v) is 12.5. The number of anilines is 1. The normalized spacial score (nSPS) is 10.1. The number of nitriles is 1. The number of benzene rings is 1. The minimum absolute atomic E-state index is 0.0649. The molecule has 0 saturated heterocycles. The maximum atomic E-state index is 11.8. The van der Waals surface area contributed by atoms with Crippen molar-refractivity contribution in [3.05, 3.63) is 46.0 Å². The van der Waals surface area contributed by atoms with Crippen molar-refractivity contribution in [2.75, 3.05) is 5.32 Å². The predicted molar refractivity (Wildman–Crippen MR) is 83.7 cm³/mol. The Labute approximate surface area is 132 Å². The first-order chi connectivity index (χ1) is 11.0. The van der Waals surface area contributed by atoms with E-state index in [0.29, 0.717) is 12.0 Å². The van der Waals surface area contributed by atoms with Gasteiger partial charge >= 0.3 is 0 Å². The number of rotatable bonds is 6. The third-order valence-electron chi connectivity index (χ3n) is 3.20. The second-order valence-corrected chi connectivity index (χ2v) is 4.92. The third-order valence-corrected chi connectivity index (χ3v) is 3.20. The lowest BCUT2D eigenvalue weighted by Crippen LogP contribution is -2.11. The molecule has 0 aliphatic rings. The van der Waals surface area contributed by atoms with Crippen molar-refractivity contribution in [3.63, 3.8) is 0 Å². The van der Waals surface area contributed by atoms with E-state index in [2.05, 4.69) is 5.32 Å². The van der Waals surface area contributed by atoms with E-state index in [-0.39, 0.29) is 28.8 Å². The van der Waals surface area contributed by atoms with Crippen LogP contribution >= 0.6 is 0 Å². The van der Waals surface area contributed by atoms with Gasteiger partial charge in [-0.2, -0.15) is 5.26 Å². The van der Waals surface area contributed by atoms with Crippen molar-refractivity contribution < 1.29 is 14.1 Å². The van der Waals surface area contributed by atoms with Crippen LogP contribution in [-0.2, 0) is 4.79 Å². The van der Waals surface area contributed by atoms with Gasteiger partial charge in [0.05, 0.1) is 4.92 Å². The zero-order chi connectivity index (χ0) is 16.8. The number of nitrogens with zero attached hydrogens (tertiary/aromatic N) is 2. The van der Waals surface area contributed by atoms with Crippen LogP contribution in [0.15, 0.2) is 34.7 Å². The lowest BCUT2D eigenvalue weighted by atomic mass is 10.1. The van der Waals surface area contributed by atoms with Crippen LogP contribution in [0.25, 0.3) is 11.3 Å². The van der Waals surface area contributed by atoms with Crippen LogP contribution < -0.4 is 5.32 Å². The average molecular weight is 313 g/mol. The molecule has 7 nitrogen and oxygen atoms in total. The molecule has 118 valence electrons. The number of unbranched alkanes of at least 4 members (excludes halogenated alkanes) is 1. The molecule has 0 unspecified atom stereocenters. The van der Waals surface area contributed by atoms with Gasteiger partial charge in [0.2, 0.25) is 11.8 Å². The maximum absolute atomic E-state index is 11.8. The average Bonchev–Trinajstić information content (AvgIpc) is 2.96. The molecule has 0 radical (unpaired) electrons. The minimum Gasteiger partial charge on any atom is -0.439 e. The van der Waals surface area contributed by atoms with Gasteiger partial charge in [-0.3, -0.25) is 20.2 Å². The van der Waals surface area contributed by atoms with Crippen LogP contribution in [0, 0.1) is 21.4 Å². The first-order valence-corrected chi connectivity index (χ1v) is 7.13. The molecule has 2 rings (SSSR count). The highest BCUT2D eigenvalue weighted by atomic mass is 16.6. The van der Waals surface area contributed by atoms with Gasteiger partial charge in [-0.05, 0) is 6.42 Å². The summed E-state index contributed by atoms with van der Waals surface area (Å²) in [6, 6.07) is 9.28. The Kier molecular flexibility index (Phi) is 5.10. The minimum atomic E-state index is -0.509. The number of nitro groups is 1. The van der Waals surface area contributed by atoms with Crippen molar-refractivity contribution >= 4 is 17.5 Å². The molecule has 0 aliphatic heterocycles. The summed E-state index contributed by atoms with van der Waals surface area (Å²) in [7, 11) is 0. The lowest BCUT2D eigenvalue weighted by molar-refractivity contribution is -0.384. The molecule has 1 aromatic carbocycles. The van der Waals surface area contributed by atoms with E-state index in [1.807, 2.05) is 13.0 Å². The maximum Gasteiger partial charge on any atom is 0.270 e. The fourth-order valence-corrected chi connectivity index (χ4v) is 2.01. The molecule has 1 heterocycles. The number of carbonyl (C=O) groups excluding carboxylic acids is 1. The number of nitrogens with one attached hydrogen (secondary N) is 1. The van der Waals surface area contributed by atoms with Gasteiger partial charge in [0.1, 0.15) is 17.4 Å². The molecule has 0 aliphatic carbocycles. The van der Waals surface area contributed by atoms with Crippen LogP contribution in [0.2, 0.25) is 0 Å². The van der Waals surface area contributed by atoms with Crippen LogP contribution in [0.5, 0.6) is 0 Å². The SMILES string of the molecule is CCCCC(=O)Nc1oc(-c2cccc([N+](=O)[O-])c2)cc1C#N. The molecule has 2 aromatic rings. The topological polar surface area (TPSA) is 109 Å². The first kappa shape index (κ1) is 16.2. The van der Waals surface area contributed by atoms with Crippen molar-refractivity contribution in [1.29, 1.82) is 5.26 Å². The molecule has 0 fully saturated rings. The van der Waals surface area contributed by atoms with Gasteiger partial charge in [-0.15, -0.1) is 0 Å². The summed E-state index contributed by atoms with van der Waals surface area (Å²) in [4.78, 5) is 22.1. The van der Waals surface area contributed by atoms with Gasteiger partial charge in [0, 0.05) is 30.2 Å². The number of carbonyl (C=O) groups is 1. The fraction of sp³-hybridized carbons (Fsp3) is 0.250. The second-order valence-electron chi connectivity index (χ2n) is 4.92. The summed E-state index contributed by atoms with van der Waals surface area (Å²) in [5.41, 5.74) is 0.562. The van der Waals surface area contributed by atoms with E-state index < -0.39 is 4.92 Å². The molecule has 7 heteroatoms. The lowest BCUT2D eigenvalue weighted by Gasteiger charge is -2.01. The Morgan fingerprint density at radius 1 is 1.43 bits per heavy atom. The molecule has 0 atom stereocenters. The number of hydrogen-bond donors (Lipinski definition) is 1. The van der Waals surface area contributed by atoms with Crippen molar-refractivity contribution in [2.24, 2.45) is 0 Å². The Morgan fingerprint density at radius 2 is 2.22 bits per heavy atom. The van der Waals surface area contributed by atoms with E-state index in [9.17, 15) is 14.9 Å². The summed E-state index contributed by atoms with van der Waals surface area (Å²) >= 11 is 0. The summed E-state index contributed by atoms with van der Waals surface area (Å²) in [6.45, 7) is 1.97. The Bertz CT molecular complexity index is 774. The van der Waals surface area contributed by atoms with Gasteiger partial charge in [-0.25, -0.2) is 0 Å². The van der Waals surface area contributed by atoms with E-state index in [1.165, 1.54) is 24.3 Å². The molecule has 0 bridgehead atoms. The van der Waals surface area contributed by atoms with E-state index in [0.717, 1.165) is 12.8 Å². The summed E-state index contributed by atoms with van der Waals surface area (Å²) in [5, 5.41) is 22.5. The number of non-ortho nitro benzene ring substituents is 1. The largest absolute Gasteiger partial charge is 0.439 e. The second kappa shape index (κ2) is 7.22. The molecule has 1 aromatic heterocycles. The fourth-order valence-electron chi connectivity index (χ4n) is 2.01. The Morgan fingerprint density at radius 3 is 2.87 bits per heavy atom. The number of hydrogen-bond acceptors (Lipinski definition) is 5. The van der Waals surface area contributed by atoms with Crippen molar-refractivity contribution in [1.82, 2.24) is 0 Å². The summed E-state index contributed by atoms with van der Waals surface area (Å²) < 4.78 is 5.50. The molecule has 23 heavy (non-hydrogen) atoms. The van der Waals surface area contributed by atoms with E-state index >= 15 is 0 Å². The van der Waals surface area contributed by atoms with Gasteiger partial charge < -0.3 is 4.42 Å². The van der Waals surface area contributed by atoms with Crippen LogP contribution in [-0.4, -0.2) is 10.8 Å². The standard InChI is InChI=1S/C16H15N3O4/c1-2-3-7-15(20)18-16-12(10-17)9-14(23-16)11-5-4-6-13(8-11)19(21)22/h4-6,8-9H,2-3,7H2,1H3,(H,18,20). The Balaban J connectivity index is 2.28. The van der Waals surface area contributed by atoms with Crippen molar-refractivity contribution in [2.45, 2.75) is 26.2 Å². The Hall–Kier alpha value is -3.14. The predicted octanol–water partition coefficient (Wildman–Crippen LogP) is 3.86. The van der Waals surface area contributed by atoms with Gasteiger partial charge in [0.15, 0.2) is 0 Å². The highest BCUT2D eigenvalue weighted by Gasteiger charge is 2.16. The summed E-state index contributed by atoms with van der Waals surface area (Å²) in [6.07, 6.45) is 1.97. The highest BCUT2D eigenvalue weighted by Crippen LogP contribution is 2.30. The van der Waals surface area contributed by atoms with Crippen LogP contribution in [0.3, 0.4) is 0 Å². The highest BCUT2D eigenvalue weighted by molar-refractivity contribution is 5.91. The molecular formula is C16H15N3O4. The summed E-state index contributed by atoms with van der Waals surface area (Å²) in [5.74, 6) is 0.120. The smallest absolute Gasteiger partial charge is 0.270 e. The molecule has 0 spiro atoms. The number of nitro benzene ring substituents is 1. The van der Waals surface area contributed by atoms with Gasteiger partial charge in [-0.1, -0.05) is 25.5 Å². The molecular weight excluding hydrogens is 298 g/mol. The van der Waals surface area contributed by atoms with Gasteiger partial charge in [0.25, 0.3) is 5.69 Å². The molecule has 0 saturated carbocycles. The van der Waals surface area contributed by atoms with Crippen LogP contribution in [0.4, 0.5) is 11.6 Å². The zero-order valence-electron chi connectivity index (χ0n) is 12.5. The molecule has 1 N–H and O–H groups in total. The number of amides is 1. The quantitative estimate of drug-likeness (QED) is 0.643. The van der Waals surface area contributed by atoms with E-state index in [1.54, 1.807) is 6.07 Å². The monoisotopic (exact) mass is 313 g/mol. The number of furan rings is 1. The van der Waals surface area contributed by atoms with Crippen molar-refractivity contribution in [3.8, 4) is 17.4 Å².